The molecule has 0 aliphatic rings. The van der Waals surface area contributed by atoms with Crippen LogP contribution in [0, 0.1) is 0 Å². The molecule has 1 unspecified atom stereocenters. The Balaban J connectivity index is 5.09. The van der Waals surface area contributed by atoms with E-state index in [1.54, 1.807) is 0 Å². The maximum atomic E-state index is 11.7. The Labute approximate surface area is 84.4 Å². The molecule has 0 rings (SSSR count). The lowest BCUT2D eigenvalue weighted by atomic mass is 10.6. The Morgan fingerprint density at radius 3 is 1.79 bits per heavy atom. The fourth-order valence-electron chi connectivity index (χ4n) is 0.242. The molecule has 0 N–H and O–H groups in total. The van der Waals surface area contributed by atoms with Crippen molar-refractivity contribution in [1.82, 2.24) is 0 Å². The quantitative estimate of drug-likeness (QED) is 0.715. The summed E-state index contributed by atoms with van der Waals surface area (Å²) in [6, 6.07) is 0. The Bertz CT molecular complexity index is 390. The Hall–Kier alpha value is 0.0700. The third-order valence-corrected chi connectivity index (χ3v) is 5.90. The van der Waals surface area contributed by atoms with Crippen LogP contribution in [0.25, 0.3) is 0 Å². The van der Waals surface area contributed by atoms with Crippen molar-refractivity contribution >= 4 is 30.1 Å². The number of alkyl halides is 3. The van der Waals surface area contributed by atoms with Gasteiger partial charge in [-0.15, -0.1) is 0 Å². The van der Waals surface area contributed by atoms with E-state index in [4.69, 9.17) is 0 Å². The first-order chi connectivity index (χ1) is 5.90. The summed E-state index contributed by atoms with van der Waals surface area (Å²) >= 11 is 4.11. The molecule has 0 radical (unpaired) electrons. The van der Waals surface area contributed by atoms with Gasteiger partial charge in [0.1, 0.15) is 0 Å². The molecule has 0 aliphatic carbocycles. The lowest BCUT2D eigenvalue weighted by Crippen LogP contribution is -2.30. The minimum atomic E-state index is -5.88. The van der Waals surface area contributed by atoms with Crippen LogP contribution < -0.4 is 0 Å². The fraction of sp³-hybridized carbons (Fsp3) is 1.00. The predicted octanol–water partition coefficient (Wildman–Crippen LogP) is 0.922. The van der Waals surface area contributed by atoms with Crippen LogP contribution >= 0.6 is 0 Å². The van der Waals surface area contributed by atoms with Gasteiger partial charge in [-0.2, -0.15) is 25.2 Å². The molecule has 0 saturated carbocycles. The summed E-state index contributed by atoms with van der Waals surface area (Å²) in [7, 11) is -9.79. The topological polar surface area (TPSA) is 60.4 Å². The number of hydrogen-bond acceptors (Lipinski definition) is 5. The molecule has 0 aliphatic heterocycles. The second-order valence-corrected chi connectivity index (χ2v) is 7.75. The lowest BCUT2D eigenvalue weighted by molar-refractivity contribution is -0.0496. The molecule has 0 aromatic rings. The van der Waals surface area contributed by atoms with Crippen molar-refractivity contribution in [3.05, 3.63) is 0 Å². The van der Waals surface area contributed by atoms with Crippen LogP contribution in [0.1, 0.15) is 13.8 Å². The van der Waals surface area contributed by atoms with Crippen LogP contribution in [0.2, 0.25) is 0 Å². The van der Waals surface area contributed by atoms with Gasteiger partial charge in [0.2, 0.25) is 0 Å². The molecule has 0 aromatic heterocycles. The molecule has 0 aromatic carbocycles. The highest BCUT2D eigenvalue weighted by molar-refractivity contribution is 8.32. The van der Waals surface area contributed by atoms with Gasteiger partial charge in [-0.05, 0) is 13.8 Å². The van der Waals surface area contributed by atoms with E-state index in [2.05, 4.69) is 14.8 Å². The highest BCUT2D eigenvalue weighted by Gasteiger charge is 2.49. The van der Waals surface area contributed by atoms with Crippen molar-refractivity contribution in [2.45, 2.75) is 24.6 Å². The summed E-state index contributed by atoms with van der Waals surface area (Å²) in [5, 5.41) is -1.00. The standard InChI is InChI=1S/C4H7F3O4S3/c1-3(2)13(8,12)11-14(9,10)4(5,6)7/h3H,1-2H3. The Morgan fingerprint density at radius 2 is 1.57 bits per heavy atom. The minimum absolute atomic E-state index is 1.00. The summed E-state index contributed by atoms with van der Waals surface area (Å²) in [6.07, 6.45) is 0. The molecule has 0 fully saturated rings. The lowest BCUT2D eigenvalue weighted by Gasteiger charge is -2.12. The zero-order valence-electron chi connectivity index (χ0n) is 7.07. The van der Waals surface area contributed by atoms with Crippen LogP contribution in [0.5, 0.6) is 0 Å². The van der Waals surface area contributed by atoms with Gasteiger partial charge in [0.15, 0.2) is 8.77 Å². The first-order valence-corrected chi connectivity index (χ1v) is 7.04. The third kappa shape index (κ3) is 3.33. The van der Waals surface area contributed by atoms with Gasteiger partial charge in [0.05, 0.1) is 5.25 Å². The van der Waals surface area contributed by atoms with Crippen LogP contribution in [0.15, 0.2) is 0 Å². The molecule has 14 heavy (non-hydrogen) atoms. The van der Waals surface area contributed by atoms with Crippen molar-refractivity contribution in [2.24, 2.45) is 0 Å². The summed E-state index contributed by atoms with van der Waals surface area (Å²) in [6.45, 7) is 2.39. The smallest absolute Gasteiger partial charge is 0.228 e. The molecule has 1 atom stereocenters. The fourth-order valence-corrected chi connectivity index (χ4v) is 2.84. The van der Waals surface area contributed by atoms with Crippen LogP contribution in [0.3, 0.4) is 0 Å². The molecule has 10 heteroatoms. The van der Waals surface area contributed by atoms with Crippen molar-refractivity contribution < 1.29 is 29.4 Å². The first-order valence-electron chi connectivity index (χ1n) is 3.16. The third-order valence-electron chi connectivity index (χ3n) is 1.05. The number of halogens is 3. The van der Waals surface area contributed by atoms with Crippen molar-refractivity contribution in [3.8, 4) is 0 Å². The molecule has 4 nitrogen and oxygen atoms in total. The van der Waals surface area contributed by atoms with E-state index in [9.17, 15) is 25.8 Å². The molecule has 86 valence electrons. The van der Waals surface area contributed by atoms with Crippen molar-refractivity contribution in [2.75, 3.05) is 0 Å². The molecule has 0 heterocycles. The Kier molecular flexibility index (Phi) is 3.93. The van der Waals surface area contributed by atoms with Crippen LogP contribution in [-0.2, 0) is 33.7 Å². The van der Waals surface area contributed by atoms with Crippen LogP contribution in [-0.4, -0.2) is 23.4 Å². The Morgan fingerprint density at radius 1 is 1.21 bits per heavy atom. The molecular formula is C4H7F3O4S3. The average Bonchev–Trinajstić information content (AvgIpc) is 1.80. The van der Waals surface area contributed by atoms with Gasteiger partial charge >= 0.3 is 15.6 Å². The summed E-state index contributed by atoms with van der Waals surface area (Å²) in [5.74, 6) is 0. The SMILES string of the molecule is CC(C)S(=O)(=S)OS(=O)(=O)C(F)(F)F. The zero-order valence-corrected chi connectivity index (χ0v) is 9.52. The maximum absolute atomic E-state index is 11.7. The van der Waals surface area contributed by atoms with E-state index >= 15 is 0 Å². The molecule has 0 bridgehead atoms. The maximum Gasteiger partial charge on any atom is 0.524 e. The molecule has 0 saturated heterocycles. The van der Waals surface area contributed by atoms with Crippen molar-refractivity contribution in [3.63, 3.8) is 0 Å². The van der Waals surface area contributed by atoms with E-state index in [1.165, 1.54) is 13.8 Å². The molecule has 0 spiro atoms. The summed E-state index contributed by atoms with van der Waals surface area (Å²) in [4.78, 5) is 0. The minimum Gasteiger partial charge on any atom is -0.228 e. The average molecular weight is 272 g/mol. The monoisotopic (exact) mass is 272 g/mol. The van der Waals surface area contributed by atoms with Crippen molar-refractivity contribution in [1.29, 1.82) is 0 Å². The number of rotatable bonds is 3. The second kappa shape index (κ2) is 3.91. The van der Waals surface area contributed by atoms with E-state index in [-0.39, 0.29) is 0 Å². The highest BCUT2D eigenvalue weighted by Crippen LogP contribution is 2.27. The second-order valence-electron chi connectivity index (χ2n) is 2.51. The van der Waals surface area contributed by atoms with Gasteiger partial charge in [-0.25, -0.2) is 4.21 Å². The van der Waals surface area contributed by atoms with E-state index in [1.807, 2.05) is 0 Å². The summed E-state index contributed by atoms with van der Waals surface area (Å²) < 4.78 is 70.5. The summed E-state index contributed by atoms with van der Waals surface area (Å²) in [5.41, 5.74) is -5.61. The first kappa shape index (κ1) is 14.1. The number of hydrogen-bond donors (Lipinski definition) is 0. The van der Waals surface area contributed by atoms with E-state index in [0.29, 0.717) is 0 Å². The highest BCUT2D eigenvalue weighted by atomic mass is 32.8. The van der Waals surface area contributed by atoms with Gasteiger partial charge in [0, 0.05) is 11.2 Å². The predicted molar refractivity (Wildman–Crippen MR) is 46.7 cm³/mol. The molecular weight excluding hydrogens is 265 g/mol. The van der Waals surface area contributed by atoms with E-state index in [0.717, 1.165) is 0 Å². The van der Waals surface area contributed by atoms with E-state index < -0.39 is 29.6 Å². The largest absolute Gasteiger partial charge is 0.524 e. The normalized spacial score (nSPS) is 18.1. The van der Waals surface area contributed by atoms with Crippen LogP contribution in [0.4, 0.5) is 13.2 Å². The zero-order chi connectivity index (χ0) is 11.8. The van der Waals surface area contributed by atoms with Gasteiger partial charge in [-0.3, -0.25) is 0 Å². The van der Waals surface area contributed by atoms with Gasteiger partial charge in [-0.1, -0.05) is 0 Å². The molecule has 0 amide bonds. The van der Waals surface area contributed by atoms with Gasteiger partial charge in [0.25, 0.3) is 0 Å². The van der Waals surface area contributed by atoms with Gasteiger partial charge < -0.3 is 0 Å².